The van der Waals surface area contributed by atoms with Crippen molar-refractivity contribution in [2.45, 2.75) is 0 Å². The van der Waals surface area contributed by atoms with Gasteiger partial charge in [0.1, 0.15) is 11.2 Å². The number of hydrogen-bond acceptors (Lipinski definition) is 5. The van der Waals surface area contributed by atoms with Gasteiger partial charge in [0.25, 0.3) is 0 Å². The van der Waals surface area contributed by atoms with E-state index in [9.17, 15) is 5.41 Å². The quantitative estimate of drug-likeness (QED) is 0.150. The minimum Gasteiger partial charge on any atom is -0.456 e. The second-order valence-corrected chi connectivity index (χ2v) is 15.4. The van der Waals surface area contributed by atoms with E-state index in [0.29, 0.717) is 11.5 Å². The van der Waals surface area contributed by atoms with Crippen molar-refractivity contribution < 1.29 is 4.42 Å². The van der Waals surface area contributed by atoms with E-state index in [4.69, 9.17) is 14.4 Å². The lowest BCUT2D eigenvalue weighted by atomic mass is 9.88. The zero-order valence-corrected chi connectivity index (χ0v) is 33.6. The molecule has 0 saturated carbocycles. The minimum absolute atomic E-state index is 0.409. The third-order valence-electron chi connectivity index (χ3n) is 11.5. The van der Waals surface area contributed by atoms with Crippen LogP contribution in [0.5, 0.6) is 0 Å². The predicted molar refractivity (Wildman–Crippen MR) is 255 cm³/mol. The Labute approximate surface area is 359 Å². The molecule has 0 fully saturated rings. The summed E-state index contributed by atoms with van der Waals surface area (Å²) in [6, 6.07) is 72.3. The number of aromatic nitrogens is 2. The molecule has 1 aliphatic rings. The van der Waals surface area contributed by atoms with E-state index in [1.54, 1.807) is 0 Å². The van der Waals surface area contributed by atoms with E-state index >= 15 is 0 Å². The number of hydrogen-bond donors (Lipinski definition) is 2. The number of nitrogens with zero attached hydrogens (tertiary/aromatic N) is 2. The minimum atomic E-state index is 0.409. The highest BCUT2D eigenvalue weighted by Crippen LogP contribution is 2.39. The van der Waals surface area contributed by atoms with Crippen molar-refractivity contribution in [3.63, 3.8) is 0 Å². The van der Waals surface area contributed by atoms with Gasteiger partial charge in [0, 0.05) is 49.9 Å². The molecule has 2 aromatic heterocycles. The number of nitrogens with one attached hydrogen (secondary N) is 2. The average molecular weight is 795 g/mol. The van der Waals surface area contributed by atoms with Crippen LogP contribution < -0.4 is 5.32 Å². The van der Waals surface area contributed by atoms with E-state index in [-0.39, 0.29) is 0 Å². The summed E-state index contributed by atoms with van der Waals surface area (Å²) in [5, 5.41) is 15.8. The van der Waals surface area contributed by atoms with E-state index in [2.05, 4.69) is 127 Å². The first kappa shape index (κ1) is 36.7. The van der Waals surface area contributed by atoms with Gasteiger partial charge in [-0.2, -0.15) is 0 Å². The summed E-state index contributed by atoms with van der Waals surface area (Å²) in [5.41, 5.74) is 16.5. The number of allylic oxidation sites excluding steroid dienone is 1. The molecule has 0 bridgehead atoms. The lowest BCUT2D eigenvalue weighted by Crippen LogP contribution is -2.20. The van der Waals surface area contributed by atoms with Gasteiger partial charge in [0.15, 0.2) is 5.82 Å². The van der Waals surface area contributed by atoms with Gasteiger partial charge >= 0.3 is 0 Å². The van der Waals surface area contributed by atoms with Crippen LogP contribution in [0, 0.1) is 5.41 Å². The topological polar surface area (TPSA) is 74.8 Å². The van der Waals surface area contributed by atoms with E-state index in [0.717, 1.165) is 106 Å². The fraction of sp³-hybridized carbons (Fsp3) is 0. The van der Waals surface area contributed by atoms with Crippen molar-refractivity contribution in [1.29, 1.82) is 5.41 Å². The molecule has 0 saturated heterocycles. The Morgan fingerprint density at radius 2 is 1.05 bits per heavy atom. The third kappa shape index (κ3) is 6.78. The van der Waals surface area contributed by atoms with Crippen LogP contribution in [-0.4, -0.2) is 15.7 Å². The molecule has 3 heterocycles. The first-order valence-corrected chi connectivity index (χ1v) is 20.7. The second kappa shape index (κ2) is 15.6. The van der Waals surface area contributed by atoms with Crippen molar-refractivity contribution in [3.8, 4) is 45.0 Å². The number of benzene rings is 8. The maximum Gasteiger partial charge on any atom is 0.160 e. The molecule has 5 nitrogen and oxygen atoms in total. The van der Waals surface area contributed by atoms with E-state index in [1.165, 1.54) is 0 Å². The number of fused-ring (bicyclic) bond motifs is 4. The molecule has 10 aromatic rings. The van der Waals surface area contributed by atoms with E-state index < -0.39 is 0 Å². The number of furan rings is 1. The molecule has 0 amide bonds. The smallest absolute Gasteiger partial charge is 0.160 e. The highest BCUT2D eigenvalue weighted by Gasteiger charge is 2.24. The largest absolute Gasteiger partial charge is 0.456 e. The van der Waals surface area contributed by atoms with Gasteiger partial charge in [-0.3, -0.25) is 5.41 Å². The Morgan fingerprint density at radius 1 is 0.452 bits per heavy atom. The van der Waals surface area contributed by atoms with Gasteiger partial charge in [-0.05, 0) is 58.2 Å². The van der Waals surface area contributed by atoms with Crippen molar-refractivity contribution >= 4 is 50.7 Å². The summed E-state index contributed by atoms with van der Waals surface area (Å²) in [4.78, 5) is 10.4. The Kier molecular flexibility index (Phi) is 9.25. The van der Waals surface area contributed by atoms with Crippen molar-refractivity contribution in [2.75, 3.05) is 0 Å². The van der Waals surface area contributed by atoms with Crippen LogP contribution in [0.15, 0.2) is 217 Å². The average Bonchev–Trinajstić information content (AvgIpc) is 3.74. The molecule has 0 spiro atoms. The fourth-order valence-electron chi connectivity index (χ4n) is 8.51. The van der Waals surface area contributed by atoms with Gasteiger partial charge in [-0.15, -0.1) is 0 Å². The lowest BCUT2D eigenvalue weighted by Gasteiger charge is -2.26. The monoisotopic (exact) mass is 794 g/mol. The normalized spacial score (nSPS) is 13.0. The first-order valence-electron chi connectivity index (χ1n) is 20.7. The zero-order chi connectivity index (χ0) is 41.4. The van der Waals surface area contributed by atoms with Gasteiger partial charge in [0.05, 0.1) is 22.8 Å². The van der Waals surface area contributed by atoms with Gasteiger partial charge < -0.3 is 9.73 Å². The summed E-state index contributed by atoms with van der Waals surface area (Å²) in [6.07, 6.45) is 2.19. The standard InChI is InChI=1S/C57H38N4O/c58-55(53(39-20-8-3-9-21-39)56-46-25-11-10-22-43(46)35-48(59-56)37-16-4-1-5-17-37)40-30-32-41(33-31-40)57-60-49(38-18-6-2-7-19-38)36-50(61-57)44-24-14-23-42(34-44)45-27-15-29-52-54(45)47-26-12-13-28-51(47)62-52/h1-36,58-59H/b56-53-,58-55?. The molecule has 0 atom stereocenters. The third-order valence-corrected chi connectivity index (χ3v) is 11.5. The van der Waals surface area contributed by atoms with Crippen LogP contribution >= 0.6 is 0 Å². The molecular formula is C57H38N4O. The molecule has 5 heteroatoms. The molecule has 1 aliphatic heterocycles. The van der Waals surface area contributed by atoms with Crippen LogP contribution in [0.4, 0.5) is 0 Å². The van der Waals surface area contributed by atoms with Crippen molar-refractivity contribution in [3.05, 3.63) is 240 Å². The maximum absolute atomic E-state index is 9.86. The van der Waals surface area contributed by atoms with Crippen LogP contribution in [-0.2, 0) is 0 Å². The van der Waals surface area contributed by atoms with E-state index in [1.807, 2.05) is 97.1 Å². The molecular weight excluding hydrogens is 757 g/mol. The molecule has 0 aliphatic carbocycles. The molecule has 2 N–H and O–H groups in total. The summed E-state index contributed by atoms with van der Waals surface area (Å²) >= 11 is 0. The number of para-hydroxylation sites is 1. The van der Waals surface area contributed by atoms with Crippen LogP contribution in [0.1, 0.15) is 27.8 Å². The maximum atomic E-state index is 9.86. The fourth-order valence-corrected chi connectivity index (χ4v) is 8.51. The lowest BCUT2D eigenvalue weighted by molar-refractivity contribution is 0.669. The Hall–Kier alpha value is -8.41. The zero-order valence-electron chi connectivity index (χ0n) is 33.6. The van der Waals surface area contributed by atoms with Crippen LogP contribution in [0.2, 0.25) is 0 Å². The summed E-state index contributed by atoms with van der Waals surface area (Å²) < 4.78 is 6.24. The Bertz CT molecular complexity index is 3370. The second-order valence-electron chi connectivity index (χ2n) is 15.4. The van der Waals surface area contributed by atoms with Gasteiger partial charge in [-0.25, -0.2) is 9.97 Å². The summed E-state index contributed by atoms with van der Waals surface area (Å²) in [6.45, 7) is 0. The molecule has 8 aromatic carbocycles. The van der Waals surface area contributed by atoms with Gasteiger partial charge in [0.2, 0.25) is 0 Å². The highest BCUT2D eigenvalue weighted by atomic mass is 16.3. The summed E-state index contributed by atoms with van der Waals surface area (Å²) in [7, 11) is 0. The van der Waals surface area contributed by atoms with Crippen LogP contribution in [0.3, 0.4) is 0 Å². The predicted octanol–water partition coefficient (Wildman–Crippen LogP) is 14.1. The SMILES string of the molecule is N=C(/C(=C1\NC(c2ccccc2)=Cc2ccccc21)c1ccccc1)c1ccc(-c2nc(-c3ccccc3)cc(-c3cccc(-c4cccc5oc6ccccc6c45)c3)n2)cc1. The van der Waals surface area contributed by atoms with Gasteiger partial charge in [-0.1, -0.05) is 188 Å². The molecule has 11 rings (SSSR count). The van der Waals surface area contributed by atoms with Crippen LogP contribution in [0.25, 0.3) is 90.0 Å². The van der Waals surface area contributed by atoms with Crippen molar-refractivity contribution in [1.82, 2.24) is 15.3 Å². The number of rotatable bonds is 8. The molecule has 62 heavy (non-hydrogen) atoms. The molecule has 292 valence electrons. The molecule has 0 unspecified atom stereocenters. The Balaban J connectivity index is 0.998. The molecule has 0 radical (unpaired) electrons. The van der Waals surface area contributed by atoms with Crippen molar-refractivity contribution in [2.24, 2.45) is 0 Å². The highest BCUT2D eigenvalue weighted by molar-refractivity contribution is 6.36. The Morgan fingerprint density at radius 3 is 1.84 bits per heavy atom. The summed E-state index contributed by atoms with van der Waals surface area (Å²) in [5.74, 6) is 0.606. The first-order chi connectivity index (χ1) is 30.6.